The predicted octanol–water partition coefficient (Wildman–Crippen LogP) is 3.45. The maximum absolute atomic E-state index is 12.4. The number of hydrogen-bond acceptors (Lipinski definition) is 2. The first-order chi connectivity index (χ1) is 9.50. The number of nitrogens with two attached hydrogens (primary N) is 1. The lowest BCUT2D eigenvalue weighted by Crippen LogP contribution is -2.34. The number of carbonyl (C=O) groups is 1. The van der Waals surface area contributed by atoms with Gasteiger partial charge in [-0.05, 0) is 43.7 Å². The first-order valence-corrected chi connectivity index (χ1v) is 7.57. The number of aryl methyl sites for hydroxylation is 1. The van der Waals surface area contributed by atoms with Crippen LogP contribution in [0, 0.1) is 12.8 Å². The van der Waals surface area contributed by atoms with Gasteiger partial charge in [-0.1, -0.05) is 30.7 Å². The summed E-state index contributed by atoms with van der Waals surface area (Å²) in [6.07, 6.45) is 3.92. The van der Waals surface area contributed by atoms with Crippen LogP contribution < -0.4 is 5.73 Å². The molecular weight excluding hydrogens is 284 g/mol. The van der Waals surface area contributed by atoms with Crippen molar-refractivity contribution >= 4 is 18.3 Å². The lowest BCUT2D eigenvalue weighted by molar-refractivity contribution is -0.132. The summed E-state index contributed by atoms with van der Waals surface area (Å²) in [5.41, 5.74) is 8.52. The largest absolute Gasteiger partial charge is 0.339 e. The second-order valence-electron chi connectivity index (χ2n) is 6.10. The minimum Gasteiger partial charge on any atom is -0.339 e. The quantitative estimate of drug-likeness (QED) is 0.926. The standard InChI is InChI=1S/C17H26N2O.ClH/c1-12-7-4-5-9-15(12)13(2)19(3)17(20)11-14-8-6-10-16(14)18;/h4-5,7,9,13-14,16H,6,8,10-11,18H2,1-3H3;1H/t13?,14-,16+;/m0./s1. The van der Waals surface area contributed by atoms with Crippen LogP contribution in [0.1, 0.15) is 49.8 Å². The minimum absolute atomic E-state index is 0. The molecule has 1 fully saturated rings. The summed E-state index contributed by atoms with van der Waals surface area (Å²) in [6.45, 7) is 4.19. The molecule has 0 aliphatic heterocycles. The molecule has 1 aromatic carbocycles. The van der Waals surface area contributed by atoms with Gasteiger partial charge in [0.05, 0.1) is 6.04 Å². The van der Waals surface area contributed by atoms with Crippen LogP contribution in [-0.4, -0.2) is 23.9 Å². The minimum atomic E-state index is 0. The van der Waals surface area contributed by atoms with Crippen LogP contribution in [-0.2, 0) is 4.79 Å². The van der Waals surface area contributed by atoms with Crippen molar-refractivity contribution in [1.82, 2.24) is 4.90 Å². The van der Waals surface area contributed by atoms with Crippen molar-refractivity contribution in [3.05, 3.63) is 35.4 Å². The van der Waals surface area contributed by atoms with Crippen molar-refractivity contribution in [2.75, 3.05) is 7.05 Å². The lowest BCUT2D eigenvalue weighted by Gasteiger charge is -2.28. The number of hydrogen-bond donors (Lipinski definition) is 1. The van der Waals surface area contributed by atoms with Crippen molar-refractivity contribution < 1.29 is 4.79 Å². The lowest BCUT2D eigenvalue weighted by atomic mass is 9.97. The highest BCUT2D eigenvalue weighted by atomic mass is 35.5. The average Bonchev–Trinajstić information content (AvgIpc) is 2.83. The highest BCUT2D eigenvalue weighted by molar-refractivity contribution is 5.85. The monoisotopic (exact) mass is 310 g/mol. The van der Waals surface area contributed by atoms with Crippen LogP contribution in [0.15, 0.2) is 24.3 Å². The summed E-state index contributed by atoms with van der Waals surface area (Å²) in [5.74, 6) is 0.581. The van der Waals surface area contributed by atoms with Gasteiger partial charge in [0.2, 0.25) is 5.91 Å². The zero-order valence-electron chi connectivity index (χ0n) is 13.2. The fourth-order valence-electron chi connectivity index (χ4n) is 3.17. The first-order valence-electron chi connectivity index (χ1n) is 7.57. The predicted molar refractivity (Wildman–Crippen MR) is 89.5 cm³/mol. The van der Waals surface area contributed by atoms with Crippen LogP contribution in [0.2, 0.25) is 0 Å². The molecule has 0 bridgehead atoms. The van der Waals surface area contributed by atoms with Crippen molar-refractivity contribution in [3.63, 3.8) is 0 Å². The molecule has 2 rings (SSSR count). The number of halogens is 1. The molecule has 0 spiro atoms. The Morgan fingerprint density at radius 2 is 2.05 bits per heavy atom. The molecule has 0 saturated heterocycles. The molecule has 3 atom stereocenters. The second kappa shape index (κ2) is 7.81. The van der Waals surface area contributed by atoms with Gasteiger partial charge in [0.15, 0.2) is 0 Å². The van der Waals surface area contributed by atoms with Gasteiger partial charge in [0, 0.05) is 19.5 Å². The Balaban J connectivity index is 0.00000220. The van der Waals surface area contributed by atoms with Gasteiger partial charge in [-0.25, -0.2) is 0 Å². The zero-order chi connectivity index (χ0) is 14.7. The Bertz CT molecular complexity index is 478. The van der Waals surface area contributed by atoms with Crippen molar-refractivity contribution in [1.29, 1.82) is 0 Å². The SMILES string of the molecule is Cc1ccccc1C(C)N(C)C(=O)C[C@@H]1CCC[C@H]1N.Cl. The van der Waals surface area contributed by atoms with Gasteiger partial charge >= 0.3 is 0 Å². The molecular formula is C17H27ClN2O. The number of benzene rings is 1. The van der Waals surface area contributed by atoms with Crippen molar-refractivity contribution in [2.45, 2.75) is 51.6 Å². The Labute approximate surface area is 134 Å². The highest BCUT2D eigenvalue weighted by Crippen LogP contribution is 2.29. The number of rotatable bonds is 4. The first kappa shape index (κ1) is 18.0. The van der Waals surface area contributed by atoms with E-state index in [0.29, 0.717) is 12.3 Å². The molecule has 0 radical (unpaired) electrons. The molecule has 1 aliphatic rings. The third-order valence-electron chi connectivity index (χ3n) is 4.77. The Morgan fingerprint density at radius 3 is 2.62 bits per heavy atom. The third kappa shape index (κ3) is 4.21. The molecule has 1 aliphatic carbocycles. The van der Waals surface area contributed by atoms with Crippen molar-refractivity contribution in [3.8, 4) is 0 Å². The van der Waals surface area contributed by atoms with E-state index < -0.39 is 0 Å². The average molecular weight is 311 g/mol. The molecule has 4 heteroatoms. The van der Waals surface area contributed by atoms with Crippen LogP contribution in [0.25, 0.3) is 0 Å². The fraction of sp³-hybridized carbons (Fsp3) is 0.588. The molecule has 1 saturated carbocycles. The number of carbonyl (C=O) groups excluding carboxylic acids is 1. The van der Waals surface area contributed by atoms with E-state index in [2.05, 4.69) is 26.0 Å². The molecule has 1 unspecified atom stereocenters. The van der Waals surface area contributed by atoms with Gasteiger partial charge < -0.3 is 10.6 Å². The van der Waals surface area contributed by atoms with Gasteiger partial charge in [-0.3, -0.25) is 4.79 Å². The van der Waals surface area contributed by atoms with Gasteiger partial charge in [0.1, 0.15) is 0 Å². The number of amides is 1. The zero-order valence-corrected chi connectivity index (χ0v) is 14.0. The molecule has 1 aromatic rings. The fourth-order valence-corrected chi connectivity index (χ4v) is 3.17. The third-order valence-corrected chi connectivity index (χ3v) is 4.77. The van der Waals surface area contributed by atoms with E-state index in [-0.39, 0.29) is 30.4 Å². The molecule has 3 nitrogen and oxygen atoms in total. The second-order valence-corrected chi connectivity index (χ2v) is 6.10. The maximum Gasteiger partial charge on any atom is 0.223 e. The summed E-state index contributed by atoms with van der Waals surface area (Å²) < 4.78 is 0. The molecule has 21 heavy (non-hydrogen) atoms. The van der Waals surface area contributed by atoms with E-state index >= 15 is 0 Å². The summed E-state index contributed by atoms with van der Waals surface area (Å²) in [5, 5.41) is 0. The molecule has 2 N–H and O–H groups in total. The van der Waals surface area contributed by atoms with E-state index in [1.165, 1.54) is 11.1 Å². The van der Waals surface area contributed by atoms with Crippen LogP contribution >= 0.6 is 12.4 Å². The highest BCUT2D eigenvalue weighted by Gasteiger charge is 2.28. The van der Waals surface area contributed by atoms with Gasteiger partial charge in [-0.2, -0.15) is 0 Å². The molecule has 1 amide bonds. The van der Waals surface area contributed by atoms with E-state index in [9.17, 15) is 4.79 Å². The topological polar surface area (TPSA) is 46.3 Å². The number of nitrogens with zero attached hydrogens (tertiary/aromatic N) is 1. The molecule has 0 heterocycles. The maximum atomic E-state index is 12.4. The van der Waals surface area contributed by atoms with E-state index in [1.807, 2.05) is 24.1 Å². The van der Waals surface area contributed by atoms with Crippen LogP contribution in [0.3, 0.4) is 0 Å². The summed E-state index contributed by atoms with van der Waals surface area (Å²) in [4.78, 5) is 14.3. The Kier molecular flexibility index (Phi) is 6.69. The van der Waals surface area contributed by atoms with Crippen LogP contribution in [0.4, 0.5) is 0 Å². The van der Waals surface area contributed by atoms with Gasteiger partial charge in [0.25, 0.3) is 0 Å². The van der Waals surface area contributed by atoms with Gasteiger partial charge in [-0.15, -0.1) is 12.4 Å². The van der Waals surface area contributed by atoms with E-state index in [0.717, 1.165) is 19.3 Å². The summed E-state index contributed by atoms with van der Waals surface area (Å²) >= 11 is 0. The normalized spacial score (nSPS) is 22.5. The smallest absolute Gasteiger partial charge is 0.223 e. The Morgan fingerprint density at radius 1 is 1.38 bits per heavy atom. The molecule has 118 valence electrons. The Hall–Kier alpha value is -1.06. The van der Waals surface area contributed by atoms with Crippen LogP contribution in [0.5, 0.6) is 0 Å². The van der Waals surface area contributed by atoms with Crippen molar-refractivity contribution in [2.24, 2.45) is 11.7 Å². The summed E-state index contributed by atoms with van der Waals surface area (Å²) in [7, 11) is 1.90. The van der Waals surface area contributed by atoms with E-state index in [1.54, 1.807) is 0 Å². The summed E-state index contributed by atoms with van der Waals surface area (Å²) in [6, 6.07) is 8.58. The molecule has 0 aromatic heterocycles. The van der Waals surface area contributed by atoms with E-state index in [4.69, 9.17) is 5.73 Å².